The molecule has 0 bridgehead atoms. The Balaban J connectivity index is 2.91. The van der Waals surface area contributed by atoms with Crippen molar-refractivity contribution in [3.8, 4) is 0 Å². The first-order valence-electron chi connectivity index (χ1n) is 4.87. The molecule has 0 aliphatic carbocycles. The number of hydrogen-bond donors (Lipinski definition) is 2. The van der Waals surface area contributed by atoms with E-state index in [0.29, 0.717) is 4.90 Å². The lowest BCUT2D eigenvalue weighted by Gasteiger charge is -2.48. The van der Waals surface area contributed by atoms with Crippen molar-refractivity contribution in [2.75, 3.05) is 0 Å². The lowest BCUT2D eigenvalue weighted by Crippen LogP contribution is -2.75. The van der Waals surface area contributed by atoms with E-state index >= 15 is 0 Å². The lowest BCUT2D eigenvalue weighted by atomic mass is 9.92. The SMILES string of the molecule is C=CC(C)(C(=O)O)N1C(=O)C(NC(C)=O)C1F. The van der Waals surface area contributed by atoms with Crippen molar-refractivity contribution in [3.05, 3.63) is 12.7 Å². The van der Waals surface area contributed by atoms with Crippen LogP contribution in [0, 0.1) is 0 Å². The average molecular weight is 244 g/mol. The summed E-state index contributed by atoms with van der Waals surface area (Å²) in [6.07, 6.45) is -0.894. The number of β-lactam (4-membered cyclic amide) rings is 1. The standard InChI is InChI=1S/C10H13FN2O4/c1-4-10(3,9(16)17)13-7(11)6(8(13)15)12-5(2)14/h4,6-7H,1H2,2-3H3,(H,12,14)(H,16,17). The highest BCUT2D eigenvalue weighted by atomic mass is 19.1. The van der Waals surface area contributed by atoms with Gasteiger partial charge in [0.1, 0.15) is 0 Å². The maximum atomic E-state index is 13.7. The smallest absolute Gasteiger partial charge is 0.333 e. The molecule has 1 aliphatic rings. The lowest BCUT2D eigenvalue weighted by molar-refractivity contribution is -0.182. The number of rotatable bonds is 4. The van der Waals surface area contributed by atoms with E-state index in [-0.39, 0.29) is 0 Å². The molecular formula is C10H13FN2O4. The second-order valence-corrected chi connectivity index (χ2v) is 3.92. The molecule has 0 aromatic heterocycles. The molecular weight excluding hydrogens is 231 g/mol. The van der Waals surface area contributed by atoms with Gasteiger partial charge in [-0.15, -0.1) is 6.58 Å². The van der Waals surface area contributed by atoms with Gasteiger partial charge >= 0.3 is 5.97 Å². The van der Waals surface area contributed by atoms with Crippen molar-refractivity contribution < 1.29 is 23.9 Å². The van der Waals surface area contributed by atoms with Gasteiger partial charge in [0, 0.05) is 6.92 Å². The van der Waals surface area contributed by atoms with Crippen LogP contribution in [0.1, 0.15) is 13.8 Å². The van der Waals surface area contributed by atoms with Gasteiger partial charge in [-0.1, -0.05) is 6.08 Å². The predicted molar refractivity (Wildman–Crippen MR) is 55.6 cm³/mol. The number of halogens is 1. The number of carbonyl (C=O) groups excluding carboxylic acids is 2. The molecule has 1 rings (SSSR count). The second kappa shape index (κ2) is 4.15. The summed E-state index contributed by atoms with van der Waals surface area (Å²) in [6.45, 7) is 5.59. The molecule has 2 amide bonds. The minimum Gasteiger partial charge on any atom is -0.479 e. The molecule has 0 saturated carbocycles. The molecule has 1 fully saturated rings. The molecule has 17 heavy (non-hydrogen) atoms. The first-order chi connectivity index (χ1) is 7.75. The van der Waals surface area contributed by atoms with Crippen LogP contribution in [0.2, 0.25) is 0 Å². The number of aliphatic carboxylic acids is 1. The fraction of sp³-hybridized carbons (Fsp3) is 0.500. The van der Waals surface area contributed by atoms with Crippen LogP contribution in [-0.4, -0.2) is 45.7 Å². The fourth-order valence-electron chi connectivity index (χ4n) is 1.58. The Kier molecular flexibility index (Phi) is 3.21. The third-order valence-electron chi connectivity index (χ3n) is 2.71. The Morgan fingerprint density at radius 1 is 1.65 bits per heavy atom. The Bertz CT molecular complexity index is 398. The normalized spacial score (nSPS) is 26.8. The Morgan fingerprint density at radius 3 is 2.47 bits per heavy atom. The molecule has 1 saturated heterocycles. The zero-order valence-corrected chi connectivity index (χ0v) is 9.44. The number of alkyl halides is 1. The molecule has 0 radical (unpaired) electrons. The van der Waals surface area contributed by atoms with E-state index in [2.05, 4.69) is 11.9 Å². The van der Waals surface area contributed by atoms with Crippen LogP contribution in [0.15, 0.2) is 12.7 Å². The van der Waals surface area contributed by atoms with Crippen molar-refractivity contribution in [2.24, 2.45) is 0 Å². The van der Waals surface area contributed by atoms with Gasteiger partial charge in [0.2, 0.25) is 12.2 Å². The molecule has 1 heterocycles. The maximum Gasteiger partial charge on any atom is 0.333 e. The zero-order chi connectivity index (χ0) is 13.4. The van der Waals surface area contributed by atoms with Crippen molar-refractivity contribution in [1.82, 2.24) is 10.2 Å². The van der Waals surface area contributed by atoms with Crippen molar-refractivity contribution in [2.45, 2.75) is 31.7 Å². The number of hydrogen-bond acceptors (Lipinski definition) is 3. The molecule has 6 nitrogen and oxygen atoms in total. The number of amides is 2. The molecule has 3 atom stereocenters. The number of nitrogens with one attached hydrogen (secondary N) is 1. The number of likely N-dealkylation sites (tertiary alicyclic amines) is 1. The molecule has 0 aromatic rings. The summed E-state index contributed by atoms with van der Waals surface area (Å²) in [5, 5.41) is 11.1. The first kappa shape index (κ1) is 13.1. The van der Waals surface area contributed by atoms with Crippen LogP contribution in [-0.2, 0) is 14.4 Å². The Hall–Kier alpha value is -1.92. The van der Waals surface area contributed by atoms with Crippen molar-refractivity contribution in [1.29, 1.82) is 0 Å². The zero-order valence-electron chi connectivity index (χ0n) is 9.44. The minimum absolute atomic E-state index is 0.545. The Morgan fingerprint density at radius 2 is 2.18 bits per heavy atom. The number of nitrogens with zero attached hydrogens (tertiary/aromatic N) is 1. The van der Waals surface area contributed by atoms with Gasteiger partial charge < -0.3 is 10.4 Å². The van der Waals surface area contributed by atoms with Gasteiger partial charge in [0.05, 0.1) is 0 Å². The van der Waals surface area contributed by atoms with E-state index in [1.54, 1.807) is 0 Å². The summed E-state index contributed by atoms with van der Waals surface area (Å²) in [5.41, 5.74) is -1.81. The quantitative estimate of drug-likeness (QED) is 0.402. The van der Waals surface area contributed by atoms with Gasteiger partial charge in [0.15, 0.2) is 11.6 Å². The topological polar surface area (TPSA) is 86.7 Å². The number of carboxylic acids is 1. The van der Waals surface area contributed by atoms with Gasteiger partial charge in [-0.2, -0.15) is 0 Å². The third kappa shape index (κ3) is 1.88. The van der Waals surface area contributed by atoms with E-state index in [1.165, 1.54) is 0 Å². The highest BCUT2D eigenvalue weighted by Gasteiger charge is 2.57. The Labute approximate surface area is 97.1 Å². The maximum absolute atomic E-state index is 13.7. The monoisotopic (exact) mass is 244 g/mol. The molecule has 0 spiro atoms. The van der Waals surface area contributed by atoms with Gasteiger partial charge in [-0.3, -0.25) is 14.5 Å². The van der Waals surface area contributed by atoms with E-state index in [4.69, 9.17) is 5.11 Å². The van der Waals surface area contributed by atoms with Crippen LogP contribution in [0.5, 0.6) is 0 Å². The predicted octanol–water partition coefficient (Wildman–Crippen LogP) is -0.342. The highest BCUT2D eigenvalue weighted by Crippen LogP contribution is 2.31. The summed E-state index contributed by atoms with van der Waals surface area (Å²) in [4.78, 5) is 33.8. The third-order valence-corrected chi connectivity index (χ3v) is 2.71. The summed E-state index contributed by atoms with van der Waals surface area (Å²) >= 11 is 0. The largest absolute Gasteiger partial charge is 0.479 e. The van der Waals surface area contributed by atoms with Gasteiger partial charge in [-0.05, 0) is 6.92 Å². The molecule has 1 aliphatic heterocycles. The fourth-order valence-corrected chi connectivity index (χ4v) is 1.58. The van der Waals surface area contributed by atoms with E-state index in [0.717, 1.165) is 19.9 Å². The second-order valence-electron chi connectivity index (χ2n) is 3.92. The average Bonchev–Trinajstić information content (AvgIpc) is 2.25. The van der Waals surface area contributed by atoms with Crippen molar-refractivity contribution in [3.63, 3.8) is 0 Å². The first-order valence-corrected chi connectivity index (χ1v) is 4.87. The number of carboxylic acid groups (broad SMARTS) is 1. The molecule has 0 aromatic carbocycles. The van der Waals surface area contributed by atoms with Gasteiger partial charge in [0.25, 0.3) is 5.91 Å². The molecule has 2 N–H and O–H groups in total. The van der Waals surface area contributed by atoms with E-state index in [1.807, 2.05) is 0 Å². The highest BCUT2D eigenvalue weighted by molar-refractivity contribution is 5.97. The summed E-state index contributed by atoms with van der Waals surface area (Å²) in [6, 6.07) is -1.31. The summed E-state index contributed by atoms with van der Waals surface area (Å²) < 4.78 is 13.7. The van der Waals surface area contributed by atoms with Crippen LogP contribution in [0.3, 0.4) is 0 Å². The molecule has 3 unspecified atom stereocenters. The minimum atomic E-state index is -1.87. The molecule has 94 valence electrons. The van der Waals surface area contributed by atoms with Crippen LogP contribution in [0.4, 0.5) is 4.39 Å². The van der Waals surface area contributed by atoms with E-state index in [9.17, 15) is 18.8 Å². The summed E-state index contributed by atoms with van der Waals surface area (Å²) in [7, 11) is 0. The van der Waals surface area contributed by atoms with Crippen LogP contribution >= 0.6 is 0 Å². The van der Waals surface area contributed by atoms with E-state index < -0.39 is 35.7 Å². The number of carbonyl (C=O) groups is 3. The van der Waals surface area contributed by atoms with Crippen molar-refractivity contribution >= 4 is 17.8 Å². The van der Waals surface area contributed by atoms with Crippen LogP contribution < -0.4 is 5.32 Å². The summed E-state index contributed by atoms with van der Waals surface area (Å²) in [5.74, 6) is -2.72. The molecule has 7 heteroatoms. The van der Waals surface area contributed by atoms with Gasteiger partial charge in [-0.25, -0.2) is 9.18 Å². The van der Waals surface area contributed by atoms with Crippen LogP contribution in [0.25, 0.3) is 0 Å².